The minimum absolute atomic E-state index is 0.0207. The van der Waals surface area contributed by atoms with E-state index in [1.807, 2.05) is 27.2 Å². The summed E-state index contributed by atoms with van der Waals surface area (Å²) in [6.45, 7) is 4.48. The summed E-state index contributed by atoms with van der Waals surface area (Å²) in [5, 5.41) is 13.8. The number of aliphatic hydroxyl groups excluding tert-OH is 1. The molecule has 2 N–H and O–H groups in total. The number of aliphatic hydroxyl groups is 1. The molecule has 1 amide bonds. The number of quaternary nitrogens is 1. The van der Waals surface area contributed by atoms with Gasteiger partial charge in [0.25, 0.3) is 7.82 Å². The number of amides is 1. The molecule has 0 radical (unpaired) electrons. The highest BCUT2D eigenvalue weighted by molar-refractivity contribution is 7.45. The van der Waals surface area contributed by atoms with Crippen LogP contribution in [0.25, 0.3) is 0 Å². The van der Waals surface area contributed by atoms with Crippen molar-refractivity contribution >= 4 is 13.7 Å². The molecule has 0 heterocycles. The Morgan fingerprint density at radius 2 is 0.912 bits per heavy atom. The first kappa shape index (κ1) is 65.2. The fraction of sp³-hybridized carbons (Fsp3) is 0.678. The lowest BCUT2D eigenvalue weighted by Gasteiger charge is -2.29. The number of carbonyl (C=O) groups excluding carboxylic acids is 1. The van der Waals surface area contributed by atoms with Gasteiger partial charge < -0.3 is 28.8 Å². The lowest BCUT2D eigenvalue weighted by molar-refractivity contribution is -0.870. The Hall–Kier alpha value is -2.84. The first-order valence-electron chi connectivity index (χ1n) is 27.2. The lowest BCUT2D eigenvalue weighted by atomic mass is 10.0. The number of rotatable bonds is 48. The van der Waals surface area contributed by atoms with Crippen molar-refractivity contribution in [2.45, 2.75) is 219 Å². The Kier molecular flexibility index (Phi) is 47.1. The Bertz CT molecular complexity index is 1470. The number of phosphoric ester groups is 1. The highest BCUT2D eigenvalue weighted by Gasteiger charge is 2.23. The first-order chi connectivity index (χ1) is 33.0. The van der Waals surface area contributed by atoms with Crippen LogP contribution in [0.2, 0.25) is 0 Å². The molecular weight excluding hydrogens is 864 g/mol. The summed E-state index contributed by atoms with van der Waals surface area (Å²) in [6.07, 6.45) is 71.6. The van der Waals surface area contributed by atoms with Crippen molar-refractivity contribution in [2.24, 2.45) is 0 Å². The minimum atomic E-state index is -4.62. The number of hydrogen-bond donors (Lipinski definition) is 2. The fourth-order valence-corrected chi connectivity index (χ4v) is 7.91. The van der Waals surface area contributed by atoms with Gasteiger partial charge in [-0.1, -0.05) is 213 Å². The van der Waals surface area contributed by atoms with Crippen LogP contribution in [0.4, 0.5) is 0 Å². The molecule has 0 saturated carbocycles. The molecule has 68 heavy (non-hydrogen) atoms. The maximum Gasteiger partial charge on any atom is 0.268 e. The molecule has 8 nitrogen and oxygen atoms in total. The zero-order chi connectivity index (χ0) is 49.9. The van der Waals surface area contributed by atoms with Crippen LogP contribution in [0.15, 0.2) is 109 Å². The van der Waals surface area contributed by atoms with Crippen molar-refractivity contribution < 1.29 is 32.9 Å². The largest absolute Gasteiger partial charge is 0.756 e. The molecule has 0 spiro atoms. The molecule has 3 unspecified atom stereocenters. The average Bonchev–Trinajstić information content (AvgIpc) is 3.30. The van der Waals surface area contributed by atoms with Crippen LogP contribution in [0.5, 0.6) is 0 Å². The van der Waals surface area contributed by atoms with E-state index in [2.05, 4.69) is 116 Å². The number of allylic oxidation sites excluding steroid dienone is 17. The Morgan fingerprint density at radius 3 is 1.37 bits per heavy atom. The second-order valence-electron chi connectivity index (χ2n) is 19.2. The lowest BCUT2D eigenvalue weighted by Crippen LogP contribution is -2.45. The molecule has 0 aromatic rings. The summed E-state index contributed by atoms with van der Waals surface area (Å²) < 4.78 is 23.3. The molecule has 9 heteroatoms. The van der Waals surface area contributed by atoms with E-state index in [1.54, 1.807) is 6.08 Å². The van der Waals surface area contributed by atoms with Crippen molar-refractivity contribution in [2.75, 3.05) is 40.9 Å². The third-order valence-electron chi connectivity index (χ3n) is 11.4. The number of hydrogen-bond acceptors (Lipinski definition) is 6. The SMILES string of the molecule is CC/C=C\C/C=C\C/C=C\C/C=C\C/C=C\C/C=C\CCCCCCC(=O)NC(COP(=O)([O-])OCC[N+](C)(C)C)C(O)/C=C/CC/C=C/CC/C=C/CCCCCCCCCCCCCCC. The van der Waals surface area contributed by atoms with Gasteiger partial charge in [0.2, 0.25) is 5.91 Å². The van der Waals surface area contributed by atoms with Gasteiger partial charge in [0, 0.05) is 6.42 Å². The van der Waals surface area contributed by atoms with E-state index in [0.717, 1.165) is 89.9 Å². The van der Waals surface area contributed by atoms with E-state index >= 15 is 0 Å². The summed E-state index contributed by atoms with van der Waals surface area (Å²) in [4.78, 5) is 25.5. The first-order valence-corrected chi connectivity index (χ1v) is 28.7. The summed E-state index contributed by atoms with van der Waals surface area (Å²) in [5.41, 5.74) is 0. The topological polar surface area (TPSA) is 108 Å². The normalized spacial score (nSPS) is 14.9. The zero-order valence-electron chi connectivity index (χ0n) is 44.3. The number of nitrogens with zero attached hydrogens (tertiary/aromatic N) is 1. The van der Waals surface area contributed by atoms with Crippen LogP contribution in [-0.2, 0) is 18.4 Å². The van der Waals surface area contributed by atoms with Crippen LogP contribution < -0.4 is 10.2 Å². The van der Waals surface area contributed by atoms with Crippen molar-refractivity contribution in [3.8, 4) is 0 Å². The van der Waals surface area contributed by atoms with Crippen LogP contribution in [0.3, 0.4) is 0 Å². The van der Waals surface area contributed by atoms with Crippen molar-refractivity contribution in [3.63, 3.8) is 0 Å². The summed E-state index contributed by atoms with van der Waals surface area (Å²) >= 11 is 0. The maximum atomic E-state index is 12.9. The number of nitrogens with one attached hydrogen (secondary N) is 1. The van der Waals surface area contributed by atoms with Crippen molar-refractivity contribution in [1.29, 1.82) is 0 Å². The predicted octanol–water partition coefficient (Wildman–Crippen LogP) is 15.8. The van der Waals surface area contributed by atoms with Crippen LogP contribution >= 0.6 is 7.82 Å². The van der Waals surface area contributed by atoms with Gasteiger partial charge in [0.1, 0.15) is 13.2 Å². The van der Waals surface area contributed by atoms with E-state index in [9.17, 15) is 19.4 Å². The molecule has 0 aromatic heterocycles. The second kappa shape index (κ2) is 49.2. The number of carbonyl (C=O) groups is 1. The summed E-state index contributed by atoms with van der Waals surface area (Å²) in [6, 6.07) is -0.932. The van der Waals surface area contributed by atoms with Gasteiger partial charge >= 0.3 is 0 Å². The van der Waals surface area contributed by atoms with Gasteiger partial charge in [-0.3, -0.25) is 9.36 Å². The van der Waals surface area contributed by atoms with E-state index in [4.69, 9.17) is 9.05 Å². The molecule has 0 aliphatic carbocycles. The average molecular weight is 967 g/mol. The number of unbranched alkanes of at least 4 members (excludes halogenated alkanes) is 19. The van der Waals surface area contributed by atoms with Gasteiger partial charge in [0.05, 0.1) is 39.9 Å². The fourth-order valence-electron chi connectivity index (χ4n) is 7.19. The van der Waals surface area contributed by atoms with Crippen LogP contribution in [0, 0.1) is 0 Å². The molecule has 0 aromatic carbocycles. The summed E-state index contributed by atoms with van der Waals surface area (Å²) in [7, 11) is 1.20. The zero-order valence-corrected chi connectivity index (χ0v) is 45.2. The third kappa shape index (κ3) is 51.0. The molecule has 0 bridgehead atoms. The van der Waals surface area contributed by atoms with Gasteiger partial charge in [-0.2, -0.15) is 0 Å². The highest BCUT2D eigenvalue weighted by atomic mass is 31.2. The maximum absolute atomic E-state index is 12.9. The smallest absolute Gasteiger partial charge is 0.268 e. The van der Waals surface area contributed by atoms with E-state index in [1.165, 1.54) is 89.9 Å². The molecule has 0 fully saturated rings. The number of phosphoric acid groups is 1. The van der Waals surface area contributed by atoms with Crippen LogP contribution in [-0.4, -0.2) is 68.5 Å². The van der Waals surface area contributed by atoms with Gasteiger partial charge in [-0.15, -0.1) is 0 Å². The Morgan fingerprint density at radius 1 is 0.529 bits per heavy atom. The minimum Gasteiger partial charge on any atom is -0.756 e. The molecule has 390 valence electrons. The standard InChI is InChI=1S/C59H103N2O6P/c1-6-8-10-12-14-16-18-20-22-24-26-28-30-32-34-36-38-40-42-44-46-48-50-52-58(62)57(56-67-68(64,65)66-55-54-61(3,4)5)60-59(63)53-51-49-47-45-43-41-39-37-35-33-31-29-27-25-23-21-19-17-15-13-11-9-7-2/h9,11,15,17,21,23,27,29,33-36,39,41-42,44,50,52,57-58,62H,6-8,10,12-14,16,18-20,22,24-26,28,30-32,37-38,40,43,45-49,51,53-56H2,1-5H3,(H-,60,63,64,65)/b11-9-,17-15-,23-21-,29-27-,35-33-,36-34+,41-39-,44-42+,52-50+. The second-order valence-corrected chi connectivity index (χ2v) is 20.6. The van der Waals surface area contributed by atoms with E-state index in [-0.39, 0.29) is 12.5 Å². The molecule has 3 atom stereocenters. The predicted molar refractivity (Wildman–Crippen MR) is 292 cm³/mol. The van der Waals surface area contributed by atoms with Crippen molar-refractivity contribution in [1.82, 2.24) is 5.32 Å². The van der Waals surface area contributed by atoms with E-state index in [0.29, 0.717) is 23.9 Å². The third-order valence-corrected chi connectivity index (χ3v) is 12.4. The molecule has 0 aliphatic rings. The molecule has 0 rings (SSSR count). The van der Waals surface area contributed by atoms with Gasteiger partial charge in [-0.05, 0) is 96.3 Å². The van der Waals surface area contributed by atoms with E-state index < -0.39 is 26.6 Å². The quantitative estimate of drug-likeness (QED) is 0.0272. The van der Waals surface area contributed by atoms with Gasteiger partial charge in [-0.25, -0.2) is 0 Å². The Labute approximate surface area is 419 Å². The van der Waals surface area contributed by atoms with Crippen LogP contribution in [0.1, 0.15) is 206 Å². The molecular formula is C59H103N2O6P. The Balaban J connectivity index is 4.44. The molecule has 0 aliphatic heterocycles. The molecule has 0 saturated heterocycles. The van der Waals surface area contributed by atoms with Crippen molar-refractivity contribution in [3.05, 3.63) is 109 Å². The highest BCUT2D eigenvalue weighted by Crippen LogP contribution is 2.38. The monoisotopic (exact) mass is 967 g/mol. The van der Waals surface area contributed by atoms with Gasteiger partial charge in [0.15, 0.2) is 0 Å². The summed E-state index contributed by atoms with van der Waals surface area (Å²) in [5.74, 6) is -0.240. The number of likely N-dealkylation sites (N-methyl/N-ethyl adjacent to an activating group) is 1.